The van der Waals surface area contributed by atoms with Crippen molar-refractivity contribution in [3.63, 3.8) is 0 Å². The molecule has 0 radical (unpaired) electrons. The Morgan fingerprint density at radius 3 is 2.06 bits per heavy atom. The first-order valence-electron chi connectivity index (χ1n) is 6.56. The predicted octanol–water partition coefficient (Wildman–Crippen LogP) is 3.01. The molecule has 0 fully saturated rings. The van der Waals surface area contributed by atoms with E-state index in [4.69, 9.17) is 12.7 Å². The lowest BCUT2D eigenvalue weighted by atomic mass is 10.9. The SMILES string of the molecule is C=C[Si](C)(C)O[Si](C)(C)O[Si](C)(C)CC[SiH2]OC. The van der Waals surface area contributed by atoms with Crippen molar-refractivity contribution in [1.29, 1.82) is 0 Å². The van der Waals surface area contributed by atoms with E-state index in [0.29, 0.717) is 0 Å². The molecule has 0 saturated carbocycles. The number of hydrogen-bond donors (Lipinski definition) is 0. The van der Waals surface area contributed by atoms with Crippen LogP contribution in [0.5, 0.6) is 0 Å². The Balaban J connectivity index is 4.41. The lowest BCUT2D eigenvalue weighted by molar-refractivity contribution is 0.393. The Kier molecular flexibility index (Phi) is 7.52. The van der Waals surface area contributed by atoms with Crippen LogP contribution in [0.1, 0.15) is 0 Å². The lowest BCUT2D eigenvalue weighted by Crippen LogP contribution is -2.51. The molecular weight excluding hydrogens is 292 g/mol. The van der Waals surface area contributed by atoms with Gasteiger partial charge in [0.1, 0.15) is 0 Å². The summed E-state index contributed by atoms with van der Waals surface area (Å²) in [5.74, 6) is 0. The van der Waals surface area contributed by atoms with Gasteiger partial charge in [-0.05, 0) is 51.4 Å². The van der Waals surface area contributed by atoms with Gasteiger partial charge in [0.25, 0.3) is 0 Å². The second-order valence-electron chi connectivity index (χ2n) is 6.27. The minimum Gasteiger partial charge on any atom is -0.437 e. The van der Waals surface area contributed by atoms with Crippen molar-refractivity contribution in [2.45, 2.75) is 51.4 Å². The Morgan fingerprint density at radius 2 is 1.61 bits per heavy atom. The molecule has 0 bridgehead atoms. The predicted molar refractivity (Wildman–Crippen MR) is 90.0 cm³/mol. The van der Waals surface area contributed by atoms with Crippen LogP contribution in [0.4, 0.5) is 0 Å². The van der Waals surface area contributed by atoms with Crippen molar-refractivity contribution >= 4 is 35.0 Å². The topological polar surface area (TPSA) is 27.7 Å². The highest BCUT2D eigenvalue weighted by molar-refractivity contribution is 6.89. The third-order valence-electron chi connectivity index (χ3n) is 2.65. The maximum atomic E-state index is 6.42. The lowest BCUT2D eigenvalue weighted by Gasteiger charge is -2.37. The van der Waals surface area contributed by atoms with Crippen LogP contribution in [0, 0.1) is 0 Å². The highest BCUT2D eigenvalue weighted by atomic mass is 28.5. The zero-order valence-electron chi connectivity index (χ0n) is 13.1. The van der Waals surface area contributed by atoms with Gasteiger partial charge in [0.15, 0.2) is 26.4 Å². The molecule has 0 spiro atoms. The van der Waals surface area contributed by atoms with Crippen LogP contribution in [0.2, 0.25) is 51.4 Å². The van der Waals surface area contributed by atoms with Gasteiger partial charge in [-0.3, -0.25) is 0 Å². The molecule has 0 amide bonds. The highest BCUT2D eigenvalue weighted by Crippen LogP contribution is 2.24. The molecule has 18 heavy (non-hydrogen) atoms. The molecule has 0 aromatic carbocycles. The summed E-state index contributed by atoms with van der Waals surface area (Å²) in [5.41, 5.74) is 1.98. The summed E-state index contributed by atoms with van der Waals surface area (Å²) in [4.78, 5) is 0. The summed E-state index contributed by atoms with van der Waals surface area (Å²) in [7, 11) is -3.90. The zero-order chi connectivity index (χ0) is 14.4. The quantitative estimate of drug-likeness (QED) is 0.482. The summed E-state index contributed by atoms with van der Waals surface area (Å²) >= 11 is 0. The van der Waals surface area contributed by atoms with Crippen molar-refractivity contribution in [3.05, 3.63) is 12.3 Å². The van der Waals surface area contributed by atoms with Crippen LogP contribution >= 0.6 is 0 Å². The van der Waals surface area contributed by atoms with Gasteiger partial charge in [-0.25, -0.2) is 0 Å². The molecule has 3 nitrogen and oxygen atoms in total. The molecule has 0 aromatic rings. The first-order chi connectivity index (χ1) is 8.04. The molecule has 0 aliphatic carbocycles. The van der Waals surface area contributed by atoms with E-state index in [1.807, 2.05) is 12.8 Å². The van der Waals surface area contributed by atoms with Crippen molar-refractivity contribution in [2.24, 2.45) is 0 Å². The van der Waals surface area contributed by atoms with Gasteiger partial charge in [-0.15, -0.1) is 6.58 Å². The van der Waals surface area contributed by atoms with Crippen LogP contribution in [-0.2, 0) is 12.7 Å². The normalized spacial score (nSPS) is 14.4. The largest absolute Gasteiger partial charge is 0.437 e. The van der Waals surface area contributed by atoms with Crippen LogP contribution in [0.15, 0.2) is 12.3 Å². The summed E-state index contributed by atoms with van der Waals surface area (Å²) in [6, 6.07) is 2.39. The minimum atomic E-state index is -2.03. The Bertz CT molecular complexity index is 267. The Labute approximate surface area is 118 Å². The third kappa shape index (κ3) is 8.57. The Morgan fingerprint density at radius 1 is 1.06 bits per heavy atom. The monoisotopic (exact) mass is 322 g/mol. The molecule has 0 unspecified atom stereocenters. The Hall–Kier alpha value is 0.488. The van der Waals surface area contributed by atoms with E-state index in [1.54, 1.807) is 0 Å². The zero-order valence-corrected chi connectivity index (χ0v) is 17.5. The summed E-state index contributed by atoms with van der Waals surface area (Å²) in [6.07, 6.45) is 0. The van der Waals surface area contributed by atoms with E-state index < -0.39 is 25.2 Å². The van der Waals surface area contributed by atoms with Crippen LogP contribution in [0.25, 0.3) is 0 Å². The average Bonchev–Trinajstić information content (AvgIpc) is 2.14. The summed E-state index contributed by atoms with van der Waals surface area (Å²) in [5, 5.41) is 0. The van der Waals surface area contributed by atoms with Gasteiger partial charge < -0.3 is 12.7 Å². The molecule has 0 saturated heterocycles. The molecule has 0 aliphatic rings. The van der Waals surface area contributed by atoms with Crippen molar-refractivity contribution < 1.29 is 12.7 Å². The summed E-state index contributed by atoms with van der Waals surface area (Å²) < 4.78 is 17.9. The maximum absolute atomic E-state index is 6.42. The minimum absolute atomic E-state index is 0.327. The van der Waals surface area contributed by atoms with E-state index in [9.17, 15) is 0 Å². The smallest absolute Gasteiger partial charge is 0.311 e. The molecule has 0 N–H and O–H groups in total. The fourth-order valence-corrected chi connectivity index (χ4v) is 18.0. The third-order valence-corrected chi connectivity index (χ3v) is 15.2. The van der Waals surface area contributed by atoms with E-state index in [-0.39, 0.29) is 9.76 Å². The van der Waals surface area contributed by atoms with Crippen molar-refractivity contribution in [1.82, 2.24) is 0 Å². The van der Waals surface area contributed by atoms with Crippen LogP contribution in [0.3, 0.4) is 0 Å². The molecular formula is C11H30O3Si4. The molecule has 0 heterocycles. The van der Waals surface area contributed by atoms with Crippen LogP contribution in [-0.4, -0.2) is 42.1 Å². The van der Waals surface area contributed by atoms with Gasteiger partial charge >= 0.3 is 8.56 Å². The van der Waals surface area contributed by atoms with Crippen molar-refractivity contribution in [2.75, 3.05) is 7.11 Å². The van der Waals surface area contributed by atoms with Gasteiger partial charge in [0.05, 0.1) is 0 Å². The first-order valence-corrected chi connectivity index (χ1v) is 17.1. The molecule has 108 valence electrons. The van der Waals surface area contributed by atoms with Gasteiger partial charge in [-0.2, -0.15) is 0 Å². The number of rotatable bonds is 9. The number of hydrogen-bond acceptors (Lipinski definition) is 3. The second-order valence-corrected chi connectivity index (χ2v) is 20.0. The molecule has 7 heteroatoms. The first kappa shape index (κ1) is 18.5. The summed E-state index contributed by atoms with van der Waals surface area (Å²) in [6.45, 7) is 17.1. The van der Waals surface area contributed by atoms with Gasteiger partial charge in [0, 0.05) is 7.11 Å². The van der Waals surface area contributed by atoms with E-state index in [2.05, 4.69) is 45.9 Å². The van der Waals surface area contributed by atoms with Crippen LogP contribution < -0.4 is 0 Å². The maximum Gasteiger partial charge on any atom is 0.311 e. The molecule has 0 aliphatic heterocycles. The second kappa shape index (κ2) is 7.32. The van der Waals surface area contributed by atoms with E-state index in [1.165, 1.54) is 12.1 Å². The molecule has 0 rings (SSSR count). The fraction of sp³-hybridized carbons (Fsp3) is 0.818. The highest BCUT2D eigenvalue weighted by Gasteiger charge is 2.38. The fourth-order valence-electron chi connectivity index (χ4n) is 2.05. The van der Waals surface area contributed by atoms with Gasteiger partial charge in [-0.1, -0.05) is 5.70 Å². The van der Waals surface area contributed by atoms with Crippen molar-refractivity contribution in [3.8, 4) is 0 Å². The van der Waals surface area contributed by atoms with Gasteiger partial charge in [0.2, 0.25) is 0 Å². The standard InChI is InChI=1S/C11H30O3Si4/c1-9-16(3,4)13-18(7,8)14-17(5,6)11-10-15-12-2/h9H,1,10-11,15H2,2-8H3. The van der Waals surface area contributed by atoms with E-state index >= 15 is 0 Å². The average molecular weight is 323 g/mol. The molecule has 0 aromatic heterocycles. The molecule has 0 atom stereocenters. The van der Waals surface area contributed by atoms with E-state index in [0.717, 1.165) is 0 Å².